The topological polar surface area (TPSA) is 113 Å². The van der Waals surface area contributed by atoms with E-state index in [4.69, 9.17) is 0 Å². The van der Waals surface area contributed by atoms with Gasteiger partial charge in [-0.15, -0.1) is 0 Å². The average molecular weight is 429 g/mol. The fraction of sp³-hybridized carbons (Fsp3) is 0.304. The maximum Gasteiger partial charge on any atom is 0.273 e. The highest BCUT2D eigenvalue weighted by Gasteiger charge is 2.28. The van der Waals surface area contributed by atoms with Crippen molar-refractivity contribution in [1.82, 2.24) is 30.2 Å². The van der Waals surface area contributed by atoms with Gasteiger partial charge in [0.25, 0.3) is 11.8 Å². The highest BCUT2D eigenvalue weighted by atomic mass is 16.2. The maximum atomic E-state index is 13.0. The summed E-state index contributed by atoms with van der Waals surface area (Å²) in [6.45, 7) is 1.41. The second kappa shape index (κ2) is 8.70. The van der Waals surface area contributed by atoms with Crippen molar-refractivity contribution in [3.05, 3.63) is 71.7 Å². The first-order valence-corrected chi connectivity index (χ1v) is 10.7. The van der Waals surface area contributed by atoms with E-state index in [-0.39, 0.29) is 17.5 Å². The monoisotopic (exact) mass is 429 g/mol. The van der Waals surface area contributed by atoms with Gasteiger partial charge in [-0.25, -0.2) is 19.9 Å². The van der Waals surface area contributed by atoms with Crippen molar-refractivity contribution >= 4 is 23.3 Å². The summed E-state index contributed by atoms with van der Waals surface area (Å²) < 4.78 is 0. The Kier molecular flexibility index (Phi) is 5.45. The lowest BCUT2D eigenvalue weighted by atomic mass is 9.99. The first-order chi connectivity index (χ1) is 15.7. The quantitative estimate of drug-likeness (QED) is 0.593. The van der Waals surface area contributed by atoms with E-state index in [1.54, 1.807) is 23.5 Å². The fourth-order valence-electron chi connectivity index (χ4n) is 3.80. The molecule has 2 aliphatic rings. The Morgan fingerprint density at radius 3 is 2.75 bits per heavy atom. The number of hydrogen-bond donors (Lipinski definition) is 2. The van der Waals surface area contributed by atoms with Crippen molar-refractivity contribution in [3.8, 4) is 0 Å². The number of carbonyl (C=O) groups is 2. The summed E-state index contributed by atoms with van der Waals surface area (Å²) in [5.41, 5.74) is 3.49. The molecule has 0 saturated heterocycles. The molecule has 3 aromatic rings. The van der Waals surface area contributed by atoms with Crippen LogP contribution in [0.15, 0.2) is 49.2 Å². The van der Waals surface area contributed by atoms with Crippen molar-refractivity contribution in [2.24, 2.45) is 0 Å². The lowest BCUT2D eigenvalue weighted by Crippen LogP contribution is -2.42. The predicted molar refractivity (Wildman–Crippen MR) is 118 cm³/mol. The molecule has 9 heteroatoms. The summed E-state index contributed by atoms with van der Waals surface area (Å²) in [7, 11) is 0. The highest BCUT2D eigenvalue weighted by Crippen LogP contribution is 2.39. The summed E-state index contributed by atoms with van der Waals surface area (Å²) in [6, 6.07) is 7.67. The van der Waals surface area contributed by atoms with Gasteiger partial charge in [-0.3, -0.25) is 9.59 Å². The minimum atomic E-state index is -0.329. The molecule has 1 fully saturated rings. The van der Waals surface area contributed by atoms with E-state index in [1.807, 2.05) is 24.3 Å². The summed E-state index contributed by atoms with van der Waals surface area (Å²) in [5.74, 6) is 0.395. The first kappa shape index (κ1) is 20.0. The number of hydrogen-bond acceptors (Lipinski definition) is 7. The lowest BCUT2D eigenvalue weighted by molar-refractivity contribution is 0.0733. The van der Waals surface area contributed by atoms with Crippen molar-refractivity contribution in [2.75, 3.05) is 25.0 Å². The van der Waals surface area contributed by atoms with E-state index in [1.165, 1.54) is 6.33 Å². The zero-order valence-electron chi connectivity index (χ0n) is 17.5. The van der Waals surface area contributed by atoms with Gasteiger partial charge in [-0.05, 0) is 30.9 Å². The van der Waals surface area contributed by atoms with E-state index in [0.29, 0.717) is 37.1 Å². The first-order valence-electron chi connectivity index (χ1n) is 10.7. The molecule has 0 spiro atoms. The summed E-state index contributed by atoms with van der Waals surface area (Å²) >= 11 is 0. The van der Waals surface area contributed by atoms with E-state index >= 15 is 0 Å². The normalized spacial score (nSPS) is 15.2. The van der Waals surface area contributed by atoms with Crippen LogP contribution in [0.5, 0.6) is 0 Å². The van der Waals surface area contributed by atoms with Crippen LogP contribution in [0.25, 0.3) is 0 Å². The smallest absolute Gasteiger partial charge is 0.273 e. The Bertz CT molecular complexity index is 1150. The Morgan fingerprint density at radius 2 is 1.94 bits per heavy atom. The van der Waals surface area contributed by atoms with E-state index in [0.717, 1.165) is 36.1 Å². The number of amides is 2. The minimum absolute atomic E-state index is 0.00283. The molecule has 0 atom stereocenters. The molecule has 1 aliphatic heterocycles. The van der Waals surface area contributed by atoms with Gasteiger partial charge in [0.2, 0.25) is 0 Å². The molecule has 5 rings (SSSR count). The molecule has 1 aliphatic carbocycles. The van der Waals surface area contributed by atoms with Gasteiger partial charge in [0.05, 0.1) is 30.0 Å². The molecule has 0 bridgehead atoms. The van der Waals surface area contributed by atoms with Crippen LogP contribution in [0, 0.1) is 0 Å². The fourth-order valence-corrected chi connectivity index (χ4v) is 3.80. The molecule has 2 N–H and O–H groups in total. The zero-order chi connectivity index (χ0) is 21.9. The molecule has 3 heterocycles. The van der Waals surface area contributed by atoms with Gasteiger partial charge in [-0.1, -0.05) is 18.2 Å². The number of fused-ring (bicyclic) bond motifs is 1. The SMILES string of the molecule is O=C(NCCN1CCc2ccccc2C1=O)c1nc(C2CC2)cnc1Nc1cncnc1. The van der Waals surface area contributed by atoms with Crippen molar-refractivity contribution in [3.63, 3.8) is 0 Å². The zero-order valence-corrected chi connectivity index (χ0v) is 17.5. The predicted octanol–water partition coefficient (Wildman–Crippen LogP) is 2.32. The van der Waals surface area contributed by atoms with Gasteiger partial charge in [-0.2, -0.15) is 0 Å². The summed E-state index contributed by atoms with van der Waals surface area (Å²) in [5, 5.41) is 5.97. The van der Waals surface area contributed by atoms with Gasteiger partial charge < -0.3 is 15.5 Å². The third-order valence-electron chi connectivity index (χ3n) is 5.68. The average Bonchev–Trinajstić information content (AvgIpc) is 3.67. The molecular weight excluding hydrogens is 406 g/mol. The number of aromatic nitrogens is 4. The number of carbonyl (C=O) groups excluding carboxylic acids is 2. The Labute approximate surface area is 185 Å². The van der Waals surface area contributed by atoms with Crippen LogP contribution in [0.4, 0.5) is 11.5 Å². The van der Waals surface area contributed by atoms with Gasteiger partial charge in [0.15, 0.2) is 11.5 Å². The van der Waals surface area contributed by atoms with Crippen molar-refractivity contribution < 1.29 is 9.59 Å². The van der Waals surface area contributed by atoms with Crippen molar-refractivity contribution in [1.29, 1.82) is 0 Å². The molecule has 9 nitrogen and oxygen atoms in total. The van der Waals surface area contributed by atoms with Gasteiger partial charge in [0, 0.05) is 31.1 Å². The molecule has 1 saturated carbocycles. The third kappa shape index (κ3) is 4.27. The second-order valence-electron chi connectivity index (χ2n) is 7.97. The largest absolute Gasteiger partial charge is 0.349 e. The van der Waals surface area contributed by atoms with Crippen molar-refractivity contribution in [2.45, 2.75) is 25.2 Å². The lowest BCUT2D eigenvalue weighted by Gasteiger charge is -2.28. The summed E-state index contributed by atoms with van der Waals surface area (Å²) in [4.78, 5) is 44.4. The highest BCUT2D eigenvalue weighted by molar-refractivity contribution is 5.98. The number of rotatable bonds is 7. The Balaban J connectivity index is 1.26. The molecule has 0 radical (unpaired) electrons. The van der Waals surface area contributed by atoms with Crippen LogP contribution in [0.2, 0.25) is 0 Å². The molecule has 0 unspecified atom stereocenters. The minimum Gasteiger partial charge on any atom is -0.349 e. The Hall–Kier alpha value is -3.88. The van der Waals surface area contributed by atoms with Crippen LogP contribution in [-0.4, -0.2) is 56.3 Å². The molecular formula is C23H23N7O2. The molecule has 1 aromatic carbocycles. The standard InChI is InChI=1S/C23H23N7O2/c31-22(26-8-10-30-9-7-15-3-1-2-4-18(15)23(30)32)20-21(28-17-11-24-14-25-12-17)27-13-19(29-20)16-5-6-16/h1-4,11-14,16H,5-10H2,(H,26,31)(H,27,28). The molecule has 2 aromatic heterocycles. The number of nitrogens with one attached hydrogen (secondary N) is 2. The van der Waals surface area contributed by atoms with E-state index in [9.17, 15) is 9.59 Å². The van der Waals surface area contributed by atoms with E-state index in [2.05, 4.69) is 30.6 Å². The van der Waals surface area contributed by atoms with Gasteiger partial charge >= 0.3 is 0 Å². The van der Waals surface area contributed by atoms with Crippen LogP contribution < -0.4 is 10.6 Å². The summed E-state index contributed by atoms with van der Waals surface area (Å²) in [6.07, 6.45) is 9.29. The maximum absolute atomic E-state index is 13.0. The number of anilines is 2. The van der Waals surface area contributed by atoms with E-state index < -0.39 is 0 Å². The third-order valence-corrected chi connectivity index (χ3v) is 5.68. The molecule has 162 valence electrons. The van der Waals surface area contributed by atoms with Gasteiger partial charge in [0.1, 0.15) is 6.33 Å². The second-order valence-corrected chi connectivity index (χ2v) is 7.97. The molecule has 32 heavy (non-hydrogen) atoms. The van der Waals surface area contributed by atoms with Crippen LogP contribution in [-0.2, 0) is 6.42 Å². The van der Waals surface area contributed by atoms with Crippen LogP contribution in [0.3, 0.4) is 0 Å². The molecule has 2 amide bonds. The van der Waals surface area contributed by atoms with Crippen LogP contribution in [0.1, 0.15) is 50.9 Å². The number of benzene rings is 1. The number of nitrogens with zero attached hydrogens (tertiary/aromatic N) is 5. The van der Waals surface area contributed by atoms with Crippen LogP contribution >= 0.6 is 0 Å². The Morgan fingerprint density at radius 1 is 1.12 bits per heavy atom.